The van der Waals surface area contributed by atoms with Crippen molar-refractivity contribution in [3.63, 3.8) is 0 Å². The number of fused-ring (bicyclic) bond motifs is 1. The van der Waals surface area contributed by atoms with Crippen LogP contribution < -0.4 is 15.2 Å². The normalized spacial score (nSPS) is 18.8. The smallest absolute Gasteiger partial charge is 0.320 e. The average molecular weight is 363 g/mol. The predicted molar refractivity (Wildman–Crippen MR) is 99.4 cm³/mol. The maximum Gasteiger partial charge on any atom is 0.320 e. The highest BCUT2D eigenvalue weighted by Crippen LogP contribution is 2.27. The number of nitrogen functional groups attached to an aromatic ring is 1. The second-order valence-electron chi connectivity index (χ2n) is 6.90. The minimum absolute atomic E-state index is 0.0366. The molecule has 1 fully saturated rings. The first-order valence-electron chi connectivity index (χ1n) is 9.44. The zero-order chi connectivity index (χ0) is 18.5. The summed E-state index contributed by atoms with van der Waals surface area (Å²) in [6.45, 7) is 6.55. The van der Waals surface area contributed by atoms with Crippen molar-refractivity contribution in [1.29, 1.82) is 0 Å². The van der Waals surface area contributed by atoms with Gasteiger partial charge < -0.3 is 19.9 Å². The Balaban J connectivity index is 1.85. The molecule has 0 spiro atoms. The monoisotopic (exact) mass is 363 g/mol. The Hall–Kier alpha value is -2.09. The van der Waals surface area contributed by atoms with Gasteiger partial charge in [0.05, 0.1) is 13.2 Å². The van der Waals surface area contributed by atoms with Gasteiger partial charge in [-0.15, -0.1) is 0 Å². The molecule has 1 saturated heterocycles. The fourth-order valence-electron chi connectivity index (χ4n) is 3.38. The first-order chi connectivity index (χ1) is 12.6. The highest BCUT2D eigenvalue weighted by molar-refractivity contribution is 5.83. The molecule has 1 aliphatic rings. The first-order valence-corrected chi connectivity index (χ1v) is 9.44. The fraction of sp³-hybridized carbons (Fsp3) is 0.722. The van der Waals surface area contributed by atoms with Gasteiger partial charge in [-0.25, -0.2) is 0 Å². The van der Waals surface area contributed by atoms with Gasteiger partial charge in [0.1, 0.15) is 0 Å². The Morgan fingerprint density at radius 2 is 2.19 bits per heavy atom. The van der Waals surface area contributed by atoms with Gasteiger partial charge in [-0.1, -0.05) is 13.3 Å². The summed E-state index contributed by atoms with van der Waals surface area (Å²) in [5.41, 5.74) is 7.31. The lowest BCUT2D eigenvalue weighted by molar-refractivity contribution is 0.0499. The zero-order valence-electron chi connectivity index (χ0n) is 15.9. The number of anilines is 1. The van der Waals surface area contributed by atoms with E-state index in [0.717, 1.165) is 45.4 Å². The molecule has 2 aromatic rings. The van der Waals surface area contributed by atoms with E-state index < -0.39 is 0 Å². The van der Waals surface area contributed by atoms with Crippen LogP contribution >= 0.6 is 0 Å². The van der Waals surface area contributed by atoms with Crippen LogP contribution in [-0.2, 0) is 11.3 Å². The minimum Gasteiger partial charge on any atom is -0.468 e. The largest absolute Gasteiger partial charge is 0.468 e. The van der Waals surface area contributed by atoms with E-state index in [1.165, 1.54) is 6.42 Å². The molecule has 2 aromatic heterocycles. The molecule has 0 aliphatic carbocycles. The maximum atomic E-state index is 6.10. The molecule has 8 nitrogen and oxygen atoms in total. The van der Waals surface area contributed by atoms with E-state index in [1.54, 1.807) is 7.11 Å². The van der Waals surface area contributed by atoms with Crippen LogP contribution in [0.3, 0.4) is 0 Å². The summed E-state index contributed by atoms with van der Waals surface area (Å²) in [6, 6.07) is 0.789. The van der Waals surface area contributed by atoms with E-state index in [4.69, 9.17) is 19.9 Å². The van der Waals surface area contributed by atoms with Gasteiger partial charge >= 0.3 is 6.01 Å². The zero-order valence-corrected chi connectivity index (χ0v) is 15.9. The number of methoxy groups -OCH3 is 1. The van der Waals surface area contributed by atoms with Crippen molar-refractivity contribution in [1.82, 2.24) is 19.5 Å². The van der Waals surface area contributed by atoms with Crippen LogP contribution in [0.15, 0.2) is 0 Å². The van der Waals surface area contributed by atoms with Gasteiger partial charge in [0.15, 0.2) is 17.0 Å². The van der Waals surface area contributed by atoms with Crippen molar-refractivity contribution in [3.05, 3.63) is 0 Å². The molecular weight excluding hydrogens is 334 g/mol. The number of nitrogens with two attached hydrogens (primary N) is 1. The summed E-state index contributed by atoms with van der Waals surface area (Å²) in [6.07, 6.45) is 5.30. The first kappa shape index (κ1) is 18.7. The van der Waals surface area contributed by atoms with Gasteiger partial charge in [0, 0.05) is 19.8 Å². The highest BCUT2D eigenvalue weighted by Gasteiger charge is 2.20. The number of hydrogen-bond donors (Lipinski definition) is 1. The van der Waals surface area contributed by atoms with E-state index in [1.807, 2.05) is 11.5 Å². The fourth-order valence-corrected chi connectivity index (χ4v) is 3.38. The maximum absolute atomic E-state index is 6.10. The summed E-state index contributed by atoms with van der Waals surface area (Å²) >= 11 is 0. The number of ether oxygens (including phenoxy) is 3. The summed E-state index contributed by atoms with van der Waals surface area (Å²) in [5, 5.41) is 0. The van der Waals surface area contributed by atoms with Crippen LogP contribution in [0, 0.1) is 5.92 Å². The van der Waals surface area contributed by atoms with Gasteiger partial charge in [-0.3, -0.25) is 4.57 Å². The molecule has 1 aliphatic heterocycles. The lowest BCUT2D eigenvalue weighted by Crippen LogP contribution is -2.19. The number of imidazole rings is 1. The third-order valence-electron chi connectivity index (χ3n) is 4.77. The average Bonchev–Trinajstić information content (AvgIpc) is 2.99. The summed E-state index contributed by atoms with van der Waals surface area (Å²) in [5.74, 6) is 0.858. The lowest BCUT2D eigenvalue weighted by atomic mass is 9.99. The molecule has 8 heteroatoms. The minimum atomic E-state index is 0.0366. The Morgan fingerprint density at radius 1 is 1.35 bits per heavy atom. The van der Waals surface area contributed by atoms with E-state index in [-0.39, 0.29) is 6.10 Å². The Bertz CT molecular complexity index is 727. The standard InChI is InChI=1S/C18H29N5O3/c1-4-6-12(2)26-17-21-15(19)14-16(22-17)23(18(20-14)24-3)9-8-13-7-5-10-25-11-13/h12-13H,4-11H2,1-3H3,(H2,19,21,22)/t12-,13?/m0/s1. The van der Waals surface area contributed by atoms with Gasteiger partial charge in [0.2, 0.25) is 0 Å². The quantitative estimate of drug-likeness (QED) is 0.770. The van der Waals surface area contributed by atoms with Crippen LogP contribution in [0.2, 0.25) is 0 Å². The van der Waals surface area contributed by atoms with E-state index in [2.05, 4.69) is 21.9 Å². The molecule has 0 aromatic carbocycles. The molecular formula is C18H29N5O3. The topological polar surface area (TPSA) is 97.3 Å². The molecule has 144 valence electrons. The van der Waals surface area contributed by atoms with Crippen LogP contribution in [0.1, 0.15) is 46.0 Å². The van der Waals surface area contributed by atoms with Crippen LogP contribution in [0.4, 0.5) is 5.82 Å². The summed E-state index contributed by atoms with van der Waals surface area (Å²) < 4.78 is 18.8. The molecule has 0 amide bonds. The van der Waals surface area contributed by atoms with Gasteiger partial charge in [0.25, 0.3) is 6.01 Å². The van der Waals surface area contributed by atoms with Gasteiger partial charge in [-0.2, -0.15) is 15.0 Å². The summed E-state index contributed by atoms with van der Waals surface area (Å²) in [4.78, 5) is 13.3. The van der Waals surface area contributed by atoms with Crippen molar-refractivity contribution < 1.29 is 14.2 Å². The number of hydrogen-bond acceptors (Lipinski definition) is 7. The van der Waals surface area contributed by atoms with Crippen molar-refractivity contribution >= 4 is 17.0 Å². The molecule has 0 radical (unpaired) electrons. The lowest BCUT2D eigenvalue weighted by Gasteiger charge is -2.22. The highest BCUT2D eigenvalue weighted by atomic mass is 16.5. The van der Waals surface area contributed by atoms with E-state index in [9.17, 15) is 0 Å². The van der Waals surface area contributed by atoms with Crippen molar-refractivity contribution in [3.8, 4) is 12.0 Å². The van der Waals surface area contributed by atoms with E-state index in [0.29, 0.717) is 34.9 Å². The molecule has 0 saturated carbocycles. The Morgan fingerprint density at radius 3 is 2.88 bits per heavy atom. The number of aromatic nitrogens is 4. The number of aryl methyl sites for hydroxylation is 1. The molecule has 3 rings (SSSR count). The van der Waals surface area contributed by atoms with Crippen molar-refractivity contribution in [2.45, 2.75) is 58.6 Å². The molecule has 3 heterocycles. The second kappa shape index (κ2) is 8.53. The SMILES string of the molecule is CCC[C@H](C)Oc1nc(N)c2nc(OC)n(CCC3CCCOC3)c2n1. The molecule has 1 unspecified atom stereocenters. The van der Waals surface area contributed by atoms with Crippen LogP contribution in [-0.4, -0.2) is 45.9 Å². The van der Waals surface area contributed by atoms with Crippen molar-refractivity contribution in [2.75, 3.05) is 26.1 Å². The third kappa shape index (κ3) is 4.17. The third-order valence-corrected chi connectivity index (χ3v) is 4.77. The van der Waals surface area contributed by atoms with Crippen LogP contribution in [0.5, 0.6) is 12.0 Å². The molecule has 2 N–H and O–H groups in total. The van der Waals surface area contributed by atoms with Gasteiger partial charge in [-0.05, 0) is 38.5 Å². The second-order valence-corrected chi connectivity index (χ2v) is 6.90. The predicted octanol–water partition coefficient (Wildman–Crippen LogP) is 2.80. The van der Waals surface area contributed by atoms with E-state index >= 15 is 0 Å². The Kier molecular flexibility index (Phi) is 6.13. The molecule has 2 atom stereocenters. The number of nitrogens with zero attached hydrogens (tertiary/aromatic N) is 4. The van der Waals surface area contributed by atoms with Crippen LogP contribution in [0.25, 0.3) is 11.2 Å². The number of rotatable bonds is 8. The molecule has 0 bridgehead atoms. The Labute approximate surface area is 154 Å². The molecule has 26 heavy (non-hydrogen) atoms. The summed E-state index contributed by atoms with van der Waals surface area (Å²) in [7, 11) is 1.60. The van der Waals surface area contributed by atoms with Crippen molar-refractivity contribution in [2.24, 2.45) is 5.92 Å².